The van der Waals surface area contributed by atoms with E-state index in [1.165, 1.54) is 0 Å². The smallest absolute Gasteiger partial charge is 0.167 e. The van der Waals surface area contributed by atoms with E-state index in [2.05, 4.69) is 15.6 Å². The zero-order chi connectivity index (χ0) is 16.9. The van der Waals surface area contributed by atoms with Crippen molar-refractivity contribution in [3.05, 3.63) is 53.1 Å². The Hall–Kier alpha value is -1.63. The monoisotopic (exact) mass is 364 g/mol. The van der Waals surface area contributed by atoms with Crippen molar-refractivity contribution in [1.29, 1.82) is 0 Å². The fourth-order valence-electron chi connectivity index (χ4n) is 2.80. The summed E-state index contributed by atoms with van der Waals surface area (Å²) in [5, 5.41) is 7.90. The fraction of sp³-hybridized carbons (Fsp3) is 0.412. The Bertz CT molecular complexity index is 682. The number of hydrogen-bond acceptors (Lipinski definition) is 3. The zero-order valence-electron chi connectivity index (χ0n) is 13.5. The van der Waals surface area contributed by atoms with Gasteiger partial charge in [-0.15, -0.1) is 0 Å². The molecular weight excluding hydrogens is 344 g/mol. The van der Waals surface area contributed by atoms with Crippen molar-refractivity contribution in [1.82, 2.24) is 20.2 Å². The topological polar surface area (TPSA) is 51.1 Å². The van der Waals surface area contributed by atoms with Crippen LogP contribution in [0.3, 0.4) is 0 Å². The number of imidazole rings is 1. The van der Waals surface area contributed by atoms with Crippen LogP contribution in [0.5, 0.6) is 0 Å². The summed E-state index contributed by atoms with van der Waals surface area (Å²) >= 11 is 11.5. The van der Waals surface area contributed by atoms with Crippen molar-refractivity contribution in [3.63, 3.8) is 0 Å². The van der Waals surface area contributed by atoms with E-state index in [-0.39, 0.29) is 12.1 Å². The van der Waals surface area contributed by atoms with Crippen LogP contribution in [0.1, 0.15) is 30.3 Å². The van der Waals surface area contributed by atoms with E-state index in [0.717, 1.165) is 37.4 Å². The molecule has 128 valence electrons. The van der Waals surface area contributed by atoms with Gasteiger partial charge >= 0.3 is 0 Å². The zero-order valence-corrected chi connectivity index (χ0v) is 15.1. The van der Waals surface area contributed by atoms with Crippen molar-refractivity contribution < 1.29 is 4.74 Å². The molecule has 1 aromatic heterocycles. The van der Waals surface area contributed by atoms with Gasteiger partial charge in [-0.05, 0) is 42.8 Å². The molecule has 2 N–H and O–H groups in total. The van der Waals surface area contributed by atoms with Gasteiger partial charge in [0.15, 0.2) is 5.11 Å². The van der Waals surface area contributed by atoms with Crippen LogP contribution in [0.4, 0.5) is 0 Å². The number of rotatable bonds is 5. The third kappa shape index (κ3) is 4.26. The van der Waals surface area contributed by atoms with Crippen LogP contribution in [-0.2, 0) is 11.8 Å². The molecule has 5 nitrogen and oxygen atoms in total. The van der Waals surface area contributed by atoms with Crippen LogP contribution in [0.2, 0.25) is 5.02 Å². The number of thiocarbonyl (C=S) groups is 1. The molecule has 24 heavy (non-hydrogen) atoms. The number of aryl methyl sites for hydroxylation is 1. The third-order valence-electron chi connectivity index (χ3n) is 4.11. The molecule has 0 spiro atoms. The number of nitrogens with zero attached hydrogens (tertiary/aromatic N) is 2. The highest BCUT2D eigenvalue weighted by Gasteiger charge is 2.20. The van der Waals surface area contributed by atoms with Crippen LogP contribution >= 0.6 is 23.8 Å². The van der Waals surface area contributed by atoms with Crippen LogP contribution in [0, 0.1) is 0 Å². The number of halogens is 1. The Morgan fingerprint density at radius 1 is 1.46 bits per heavy atom. The standard InChI is InChI=1S/C17H21ClN4OS/c1-22-9-8-19-16(22)15(12-4-6-13(18)7-5-12)21-17(24)20-11-14-3-2-10-23-14/h4-9,14-15H,2-3,10-11H2,1H3,(H2,20,21,24)/t14-,15+/m1/s1. The second-order valence-corrected chi connectivity index (χ2v) is 6.71. The predicted molar refractivity (Wildman–Crippen MR) is 99.2 cm³/mol. The van der Waals surface area contributed by atoms with Crippen LogP contribution < -0.4 is 10.6 Å². The predicted octanol–water partition coefficient (Wildman–Crippen LogP) is 2.81. The molecule has 0 saturated carbocycles. The van der Waals surface area contributed by atoms with Gasteiger partial charge in [-0.1, -0.05) is 23.7 Å². The first-order valence-corrected chi connectivity index (χ1v) is 8.81. The normalized spacial score (nSPS) is 18.3. The van der Waals surface area contributed by atoms with Gasteiger partial charge < -0.3 is 19.9 Å². The molecule has 1 fully saturated rings. The number of hydrogen-bond donors (Lipinski definition) is 2. The van der Waals surface area contributed by atoms with Gasteiger partial charge in [-0.25, -0.2) is 4.98 Å². The lowest BCUT2D eigenvalue weighted by atomic mass is 10.1. The molecule has 2 atom stereocenters. The maximum Gasteiger partial charge on any atom is 0.167 e. The van der Waals surface area contributed by atoms with E-state index in [0.29, 0.717) is 10.1 Å². The van der Waals surface area contributed by atoms with Crippen molar-refractivity contribution in [2.45, 2.75) is 25.0 Å². The Morgan fingerprint density at radius 3 is 2.88 bits per heavy atom. The lowest BCUT2D eigenvalue weighted by Gasteiger charge is -2.22. The van der Waals surface area contributed by atoms with E-state index in [1.807, 2.05) is 42.1 Å². The molecule has 1 aliphatic rings. The van der Waals surface area contributed by atoms with Crippen molar-refractivity contribution in [2.75, 3.05) is 13.2 Å². The SMILES string of the molecule is Cn1ccnc1[C@@H](NC(=S)NC[C@H]1CCCO1)c1ccc(Cl)cc1. The Morgan fingerprint density at radius 2 is 2.25 bits per heavy atom. The summed E-state index contributed by atoms with van der Waals surface area (Å²) in [5.41, 5.74) is 1.05. The molecule has 0 unspecified atom stereocenters. The highest BCUT2D eigenvalue weighted by atomic mass is 35.5. The minimum absolute atomic E-state index is 0.147. The van der Waals surface area contributed by atoms with Gasteiger partial charge in [0.05, 0.1) is 6.10 Å². The first kappa shape index (κ1) is 17.2. The third-order valence-corrected chi connectivity index (χ3v) is 4.62. The van der Waals surface area contributed by atoms with Crippen LogP contribution in [0.25, 0.3) is 0 Å². The molecule has 0 amide bonds. The molecule has 1 saturated heterocycles. The number of aromatic nitrogens is 2. The summed E-state index contributed by atoms with van der Waals surface area (Å²) in [4.78, 5) is 4.46. The quantitative estimate of drug-likeness (QED) is 0.799. The minimum atomic E-state index is -0.147. The molecule has 2 aromatic rings. The lowest BCUT2D eigenvalue weighted by molar-refractivity contribution is 0.114. The molecule has 0 bridgehead atoms. The molecular formula is C17H21ClN4OS. The first-order chi connectivity index (χ1) is 11.6. The lowest BCUT2D eigenvalue weighted by Crippen LogP contribution is -2.42. The summed E-state index contributed by atoms with van der Waals surface area (Å²) in [6, 6.07) is 7.57. The largest absolute Gasteiger partial charge is 0.376 e. The maximum atomic E-state index is 6.01. The molecule has 2 heterocycles. The van der Waals surface area contributed by atoms with Gasteiger partial charge in [0.2, 0.25) is 0 Å². The average molecular weight is 365 g/mol. The van der Waals surface area contributed by atoms with Crippen molar-refractivity contribution in [3.8, 4) is 0 Å². The second-order valence-electron chi connectivity index (χ2n) is 5.87. The highest BCUT2D eigenvalue weighted by Crippen LogP contribution is 2.22. The molecule has 0 radical (unpaired) electrons. The minimum Gasteiger partial charge on any atom is -0.376 e. The summed E-state index contributed by atoms with van der Waals surface area (Å²) in [7, 11) is 1.97. The number of benzene rings is 1. The summed E-state index contributed by atoms with van der Waals surface area (Å²) in [5.74, 6) is 0.888. The van der Waals surface area contributed by atoms with E-state index in [4.69, 9.17) is 28.6 Å². The second kappa shape index (κ2) is 7.96. The van der Waals surface area contributed by atoms with E-state index < -0.39 is 0 Å². The van der Waals surface area contributed by atoms with Crippen LogP contribution in [-0.4, -0.2) is 33.9 Å². The van der Waals surface area contributed by atoms with E-state index in [9.17, 15) is 0 Å². The summed E-state index contributed by atoms with van der Waals surface area (Å²) in [6.07, 6.45) is 6.14. The van der Waals surface area contributed by atoms with Gasteiger partial charge in [-0.2, -0.15) is 0 Å². The molecule has 7 heteroatoms. The van der Waals surface area contributed by atoms with E-state index in [1.54, 1.807) is 6.20 Å². The molecule has 3 rings (SSSR count). The summed E-state index contributed by atoms with van der Waals surface area (Å²) < 4.78 is 7.60. The van der Waals surface area contributed by atoms with E-state index >= 15 is 0 Å². The Balaban J connectivity index is 1.71. The van der Waals surface area contributed by atoms with Gasteiger partial charge in [0.25, 0.3) is 0 Å². The molecule has 1 aromatic carbocycles. The Kier molecular flexibility index (Phi) is 5.71. The van der Waals surface area contributed by atoms with Crippen LogP contribution in [0.15, 0.2) is 36.7 Å². The maximum absolute atomic E-state index is 6.01. The fourth-order valence-corrected chi connectivity index (χ4v) is 3.13. The van der Waals surface area contributed by atoms with Gasteiger partial charge in [0.1, 0.15) is 11.9 Å². The number of ether oxygens (including phenoxy) is 1. The van der Waals surface area contributed by atoms with Crippen molar-refractivity contribution >= 4 is 28.9 Å². The number of nitrogens with one attached hydrogen (secondary N) is 2. The first-order valence-electron chi connectivity index (χ1n) is 8.02. The molecule has 0 aliphatic carbocycles. The summed E-state index contributed by atoms with van der Waals surface area (Å²) in [6.45, 7) is 1.56. The highest BCUT2D eigenvalue weighted by molar-refractivity contribution is 7.80. The van der Waals surface area contributed by atoms with Gasteiger partial charge in [-0.3, -0.25) is 0 Å². The van der Waals surface area contributed by atoms with Gasteiger partial charge in [0, 0.05) is 37.6 Å². The molecule has 1 aliphatic heterocycles. The van der Waals surface area contributed by atoms with Crippen molar-refractivity contribution in [2.24, 2.45) is 7.05 Å². The average Bonchev–Trinajstić information content (AvgIpc) is 3.23. The Labute approximate surface area is 152 Å².